The summed E-state index contributed by atoms with van der Waals surface area (Å²) in [5, 5.41) is 7.51. The quantitative estimate of drug-likeness (QED) is 0.204. The molecule has 5 heteroatoms. The molecule has 1 heterocycles. The number of H-pyrrole nitrogens is 1. The second-order valence-electron chi connectivity index (χ2n) is 7.73. The second kappa shape index (κ2) is 11.9. The largest absolute Gasteiger partial charge is 0.494 e. The van der Waals surface area contributed by atoms with E-state index in [1.807, 2.05) is 12.1 Å². The number of carbonyl (C=O) groups is 1. The molecule has 0 fully saturated rings. The van der Waals surface area contributed by atoms with E-state index < -0.39 is 0 Å². The molecule has 0 atom stereocenters. The highest BCUT2D eigenvalue weighted by molar-refractivity contribution is 5.91. The van der Waals surface area contributed by atoms with Crippen molar-refractivity contribution >= 4 is 5.97 Å². The smallest absolute Gasteiger partial charge is 0.343 e. The van der Waals surface area contributed by atoms with Crippen LogP contribution >= 0.6 is 0 Å². The van der Waals surface area contributed by atoms with Gasteiger partial charge in [-0.25, -0.2) is 4.79 Å². The van der Waals surface area contributed by atoms with Gasteiger partial charge in [-0.15, -0.1) is 0 Å². The predicted octanol–water partition coefficient (Wildman–Crippen LogP) is 6.60. The molecule has 5 nitrogen and oxygen atoms in total. The van der Waals surface area contributed by atoms with Crippen LogP contribution in [0.5, 0.6) is 11.5 Å². The van der Waals surface area contributed by atoms with Crippen LogP contribution in [-0.4, -0.2) is 22.8 Å². The zero-order valence-corrected chi connectivity index (χ0v) is 18.5. The number of rotatable bonds is 12. The Morgan fingerprint density at radius 3 is 2.26 bits per heavy atom. The molecule has 31 heavy (non-hydrogen) atoms. The molecule has 0 bridgehead atoms. The molecule has 0 unspecified atom stereocenters. The van der Waals surface area contributed by atoms with Crippen molar-refractivity contribution in [3.8, 4) is 22.8 Å². The van der Waals surface area contributed by atoms with Gasteiger partial charge in [-0.05, 0) is 73.9 Å². The SMILES string of the molecule is CCCCCOc1ccc(C(=O)Oc2ccc(-c3cc(CCCCC)[nH]n3)cc2)cc1. The monoisotopic (exact) mass is 420 g/mol. The molecule has 0 spiro atoms. The Bertz CT molecular complexity index is 930. The summed E-state index contributed by atoms with van der Waals surface area (Å²) < 4.78 is 11.2. The number of aromatic amines is 1. The number of nitrogens with one attached hydrogen (secondary N) is 1. The number of benzene rings is 2. The average Bonchev–Trinajstić information content (AvgIpc) is 3.27. The summed E-state index contributed by atoms with van der Waals surface area (Å²) in [7, 11) is 0. The number of ether oxygens (including phenoxy) is 2. The fourth-order valence-corrected chi connectivity index (χ4v) is 3.29. The Morgan fingerprint density at radius 2 is 1.55 bits per heavy atom. The second-order valence-corrected chi connectivity index (χ2v) is 7.73. The van der Waals surface area contributed by atoms with Crippen molar-refractivity contribution in [2.75, 3.05) is 6.61 Å². The maximum absolute atomic E-state index is 12.4. The summed E-state index contributed by atoms with van der Waals surface area (Å²) in [6, 6.07) is 16.6. The van der Waals surface area contributed by atoms with Crippen LogP contribution in [0.25, 0.3) is 11.3 Å². The Hall–Kier alpha value is -3.08. The van der Waals surface area contributed by atoms with E-state index in [0.717, 1.165) is 48.4 Å². The first-order valence-electron chi connectivity index (χ1n) is 11.3. The molecular formula is C26H32N2O3. The van der Waals surface area contributed by atoms with Gasteiger partial charge in [-0.2, -0.15) is 5.10 Å². The minimum absolute atomic E-state index is 0.386. The molecule has 2 aromatic carbocycles. The van der Waals surface area contributed by atoms with Crippen LogP contribution in [-0.2, 0) is 6.42 Å². The Labute approximate surface area is 184 Å². The van der Waals surface area contributed by atoms with E-state index in [1.165, 1.54) is 19.3 Å². The molecule has 164 valence electrons. The average molecular weight is 421 g/mol. The Morgan fingerprint density at radius 1 is 0.871 bits per heavy atom. The van der Waals surface area contributed by atoms with Crippen LogP contribution in [0.3, 0.4) is 0 Å². The molecule has 0 saturated carbocycles. The van der Waals surface area contributed by atoms with E-state index in [2.05, 4.69) is 30.1 Å². The summed E-state index contributed by atoms with van der Waals surface area (Å²) in [4.78, 5) is 12.4. The number of aromatic nitrogens is 2. The molecule has 0 radical (unpaired) electrons. The lowest BCUT2D eigenvalue weighted by Gasteiger charge is -2.07. The van der Waals surface area contributed by atoms with Gasteiger partial charge in [0.1, 0.15) is 11.5 Å². The number of hydrogen-bond donors (Lipinski definition) is 1. The van der Waals surface area contributed by atoms with Gasteiger partial charge in [-0.1, -0.05) is 39.5 Å². The van der Waals surface area contributed by atoms with Crippen molar-refractivity contribution in [2.24, 2.45) is 0 Å². The lowest BCUT2D eigenvalue weighted by Crippen LogP contribution is -2.08. The van der Waals surface area contributed by atoms with E-state index in [4.69, 9.17) is 9.47 Å². The molecule has 1 aromatic heterocycles. The van der Waals surface area contributed by atoms with Crippen molar-refractivity contribution in [2.45, 2.75) is 58.8 Å². The first-order valence-corrected chi connectivity index (χ1v) is 11.3. The molecule has 0 saturated heterocycles. The van der Waals surface area contributed by atoms with E-state index in [9.17, 15) is 4.79 Å². The molecule has 0 aliphatic rings. The fourth-order valence-electron chi connectivity index (χ4n) is 3.29. The first-order chi connectivity index (χ1) is 15.2. The van der Waals surface area contributed by atoms with Crippen LogP contribution in [0, 0.1) is 0 Å². The van der Waals surface area contributed by atoms with E-state index in [0.29, 0.717) is 17.9 Å². The zero-order chi connectivity index (χ0) is 21.9. The van der Waals surface area contributed by atoms with Gasteiger partial charge in [0.15, 0.2) is 0 Å². The molecular weight excluding hydrogens is 388 g/mol. The van der Waals surface area contributed by atoms with Gasteiger partial charge >= 0.3 is 5.97 Å². The maximum Gasteiger partial charge on any atom is 0.343 e. The summed E-state index contributed by atoms with van der Waals surface area (Å²) in [5.41, 5.74) is 3.53. The molecule has 0 amide bonds. The topological polar surface area (TPSA) is 64.2 Å². The van der Waals surface area contributed by atoms with E-state index in [1.54, 1.807) is 36.4 Å². The van der Waals surface area contributed by atoms with Crippen LogP contribution in [0.15, 0.2) is 54.6 Å². The highest BCUT2D eigenvalue weighted by Crippen LogP contribution is 2.23. The fraction of sp³-hybridized carbons (Fsp3) is 0.385. The van der Waals surface area contributed by atoms with Crippen molar-refractivity contribution in [1.29, 1.82) is 0 Å². The maximum atomic E-state index is 12.4. The van der Waals surface area contributed by atoms with Crippen LogP contribution in [0.1, 0.15) is 68.4 Å². The third-order valence-corrected chi connectivity index (χ3v) is 5.15. The Balaban J connectivity index is 1.53. The molecule has 3 rings (SSSR count). The van der Waals surface area contributed by atoms with E-state index in [-0.39, 0.29) is 5.97 Å². The molecule has 1 N–H and O–H groups in total. The molecule has 0 aliphatic heterocycles. The first kappa shape index (κ1) is 22.6. The van der Waals surface area contributed by atoms with Gasteiger partial charge in [0, 0.05) is 11.3 Å². The molecule has 0 aliphatic carbocycles. The lowest BCUT2D eigenvalue weighted by atomic mass is 10.1. The van der Waals surface area contributed by atoms with Gasteiger partial charge in [-0.3, -0.25) is 5.10 Å². The third-order valence-electron chi connectivity index (χ3n) is 5.15. The number of unbranched alkanes of at least 4 members (excludes halogenated alkanes) is 4. The molecule has 3 aromatic rings. The summed E-state index contributed by atoms with van der Waals surface area (Å²) in [5.74, 6) is 0.890. The van der Waals surface area contributed by atoms with Gasteiger partial charge in [0.2, 0.25) is 0 Å². The van der Waals surface area contributed by atoms with Crippen molar-refractivity contribution in [1.82, 2.24) is 10.2 Å². The minimum Gasteiger partial charge on any atom is -0.494 e. The van der Waals surface area contributed by atoms with Crippen LogP contribution in [0.2, 0.25) is 0 Å². The summed E-state index contributed by atoms with van der Waals surface area (Å²) >= 11 is 0. The van der Waals surface area contributed by atoms with Crippen molar-refractivity contribution in [3.63, 3.8) is 0 Å². The number of aryl methyl sites for hydroxylation is 1. The standard InChI is InChI=1S/C26H32N2O3/c1-3-5-7-9-22-19-25(28-27-22)20-10-16-24(17-11-20)31-26(29)21-12-14-23(15-13-21)30-18-8-6-4-2/h10-17,19H,3-9,18H2,1-2H3,(H,27,28). The summed E-state index contributed by atoms with van der Waals surface area (Å²) in [6.45, 7) is 5.06. The van der Waals surface area contributed by atoms with Gasteiger partial charge in [0.05, 0.1) is 17.9 Å². The van der Waals surface area contributed by atoms with Crippen molar-refractivity contribution < 1.29 is 14.3 Å². The number of nitrogens with zero attached hydrogens (tertiary/aromatic N) is 1. The van der Waals surface area contributed by atoms with Crippen LogP contribution < -0.4 is 9.47 Å². The zero-order valence-electron chi connectivity index (χ0n) is 18.5. The number of carbonyl (C=O) groups excluding carboxylic acids is 1. The normalized spacial score (nSPS) is 10.8. The van der Waals surface area contributed by atoms with Gasteiger partial charge < -0.3 is 9.47 Å². The predicted molar refractivity (Wildman–Crippen MR) is 124 cm³/mol. The lowest BCUT2D eigenvalue weighted by molar-refractivity contribution is 0.0734. The van der Waals surface area contributed by atoms with Gasteiger partial charge in [0.25, 0.3) is 0 Å². The number of hydrogen-bond acceptors (Lipinski definition) is 4. The third kappa shape index (κ3) is 6.99. The number of esters is 1. The van der Waals surface area contributed by atoms with Crippen molar-refractivity contribution in [3.05, 3.63) is 65.9 Å². The van der Waals surface area contributed by atoms with Crippen LogP contribution in [0.4, 0.5) is 0 Å². The highest BCUT2D eigenvalue weighted by atomic mass is 16.5. The van der Waals surface area contributed by atoms with E-state index >= 15 is 0 Å². The Kier molecular flexibility index (Phi) is 8.71. The minimum atomic E-state index is -0.386. The summed E-state index contributed by atoms with van der Waals surface area (Å²) in [6.07, 6.45) is 7.97. The highest BCUT2D eigenvalue weighted by Gasteiger charge is 2.10.